The summed E-state index contributed by atoms with van der Waals surface area (Å²) in [5.41, 5.74) is 3.11. The Hall–Kier alpha value is -2.01. The molecule has 0 spiro atoms. The summed E-state index contributed by atoms with van der Waals surface area (Å²) >= 11 is 0. The van der Waals surface area contributed by atoms with Crippen molar-refractivity contribution in [2.45, 2.75) is 26.7 Å². The number of nitrogens with zero attached hydrogens (tertiary/aromatic N) is 2. The fourth-order valence-electron chi connectivity index (χ4n) is 3.01. The van der Waals surface area contributed by atoms with Crippen molar-refractivity contribution in [1.29, 1.82) is 0 Å². The van der Waals surface area contributed by atoms with E-state index in [9.17, 15) is 4.79 Å². The molecule has 1 N–H and O–H groups in total. The van der Waals surface area contributed by atoms with Gasteiger partial charge in [-0.05, 0) is 25.5 Å². The lowest BCUT2D eigenvalue weighted by atomic mass is 10.2. The summed E-state index contributed by atoms with van der Waals surface area (Å²) in [6.45, 7) is 12.1. The van der Waals surface area contributed by atoms with Crippen LogP contribution in [0.4, 0.5) is 11.4 Å². The van der Waals surface area contributed by atoms with E-state index < -0.39 is 0 Å². The highest BCUT2D eigenvalue weighted by Gasteiger charge is 2.19. The number of hydrogen-bond donors (Lipinski definition) is 1. The van der Waals surface area contributed by atoms with Crippen molar-refractivity contribution in [2.24, 2.45) is 0 Å². The third kappa shape index (κ3) is 4.99. The van der Waals surface area contributed by atoms with Gasteiger partial charge in [0.05, 0.1) is 19.3 Å². The van der Waals surface area contributed by atoms with E-state index in [2.05, 4.69) is 46.8 Å². The lowest BCUT2D eigenvalue weighted by Gasteiger charge is -2.35. The van der Waals surface area contributed by atoms with Crippen molar-refractivity contribution in [3.05, 3.63) is 30.5 Å². The summed E-state index contributed by atoms with van der Waals surface area (Å²) in [6.07, 6.45) is 2.01. The van der Waals surface area contributed by atoms with Crippen LogP contribution in [0, 0.1) is 0 Å². The lowest BCUT2D eigenvalue weighted by Crippen LogP contribution is -2.47. The summed E-state index contributed by atoms with van der Waals surface area (Å²) < 4.78 is 5.54. The fraction of sp³-hybridized carbons (Fsp3) is 0.526. The maximum atomic E-state index is 11.2. The zero-order valence-corrected chi connectivity index (χ0v) is 15.1. The molecule has 5 heteroatoms. The van der Waals surface area contributed by atoms with Crippen LogP contribution >= 0.6 is 0 Å². The number of methoxy groups -OCH3 is 1. The average molecular weight is 331 g/mol. The van der Waals surface area contributed by atoms with Gasteiger partial charge in [-0.3, -0.25) is 9.69 Å². The van der Waals surface area contributed by atoms with Gasteiger partial charge in [0.25, 0.3) is 0 Å². The van der Waals surface area contributed by atoms with Crippen LogP contribution in [0.1, 0.15) is 26.7 Å². The highest BCUT2D eigenvalue weighted by molar-refractivity contribution is 5.77. The molecule has 0 aliphatic carbocycles. The van der Waals surface area contributed by atoms with Gasteiger partial charge in [-0.2, -0.15) is 0 Å². The van der Waals surface area contributed by atoms with E-state index in [0.29, 0.717) is 6.54 Å². The van der Waals surface area contributed by atoms with Crippen molar-refractivity contribution in [1.82, 2.24) is 4.90 Å². The first-order valence-corrected chi connectivity index (χ1v) is 8.63. The Labute approximate surface area is 145 Å². The van der Waals surface area contributed by atoms with Crippen LogP contribution < -0.4 is 15.0 Å². The highest BCUT2D eigenvalue weighted by Crippen LogP contribution is 2.31. The molecule has 1 heterocycles. The average Bonchev–Trinajstić information content (AvgIpc) is 2.55. The zero-order chi connectivity index (χ0) is 17.5. The predicted octanol–water partition coefficient (Wildman–Crippen LogP) is 3.13. The van der Waals surface area contributed by atoms with Gasteiger partial charge >= 0.3 is 0 Å². The van der Waals surface area contributed by atoms with Gasteiger partial charge in [-0.15, -0.1) is 0 Å². The Morgan fingerprint density at radius 1 is 1.29 bits per heavy atom. The van der Waals surface area contributed by atoms with Crippen LogP contribution in [0.2, 0.25) is 0 Å². The molecule has 1 fully saturated rings. The van der Waals surface area contributed by atoms with Gasteiger partial charge in [-0.25, -0.2) is 0 Å². The van der Waals surface area contributed by atoms with Crippen molar-refractivity contribution in [2.75, 3.05) is 50.1 Å². The normalized spacial score (nSPS) is 15.2. The SMILES string of the molecule is C=C(CCC)Nc1ccc(N2CCN(CC(C)=O)CC2)cc1OC. The van der Waals surface area contributed by atoms with Crippen molar-refractivity contribution < 1.29 is 9.53 Å². The summed E-state index contributed by atoms with van der Waals surface area (Å²) in [4.78, 5) is 15.8. The molecule has 0 aromatic heterocycles. The largest absolute Gasteiger partial charge is 0.494 e. The second-order valence-electron chi connectivity index (χ2n) is 6.33. The van der Waals surface area contributed by atoms with Gasteiger partial charge in [0.2, 0.25) is 0 Å². The number of ketones is 1. The first-order chi connectivity index (χ1) is 11.5. The van der Waals surface area contributed by atoms with Crippen molar-refractivity contribution in [3.8, 4) is 5.75 Å². The molecule has 0 atom stereocenters. The number of anilines is 2. The minimum absolute atomic E-state index is 0.229. The Morgan fingerprint density at radius 2 is 2.00 bits per heavy atom. The molecule has 0 unspecified atom stereocenters. The predicted molar refractivity (Wildman–Crippen MR) is 100.0 cm³/mol. The molecule has 0 radical (unpaired) electrons. The number of piperazine rings is 1. The Kier molecular flexibility index (Phi) is 6.67. The van der Waals surface area contributed by atoms with Crippen molar-refractivity contribution in [3.63, 3.8) is 0 Å². The first kappa shape index (κ1) is 18.3. The second-order valence-corrected chi connectivity index (χ2v) is 6.33. The standard InChI is InChI=1S/C19H29N3O2/c1-5-6-15(2)20-18-8-7-17(13-19(18)24-4)22-11-9-21(10-12-22)14-16(3)23/h7-8,13,20H,2,5-6,9-12,14H2,1,3-4H3. The minimum atomic E-state index is 0.229. The number of nitrogens with one attached hydrogen (secondary N) is 1. The molecular weight excluding hydrogens is 302 g/mol. The van der Waals surface area contributed by atoms with E-state index in [1.165, 1.54) is 0 Å². The first-order valence-electron chi connectivity index (χ1n) is 8.63. The molecule has 0 saturated carbocycles. The van der Waals surface area contributed by atoms with Gasteiger partial charge < -0.3 is 15.0 Å². The molecule has 0 bridgehead atoms. The van der Waals surface area contributed by atoms with Crippen molar-refractivity contribution >= 4 is 17.2 Å². The Morgan fingerprint density at radius 3 is 2.58 bits per heavy atom. The van der Waals surface area contributed by atoms with Crippen LogP contribution in [0.15, 0.2) is 30.5 Å². The van der Waals surface area contributed by atoms with Crippen LogP contribution in [-0.2, 0) is 4.79 Å². The molecule has 1 aliphatic heterocycles. The number of ether oxygens (including phenoxy) is 1. The zero-order valence-electron chi connectivity index (χ0n) is 15.1. The van der Waals surface area contributed by atoms with E-state index in [1.807, 2.05) is 0 Å². The van der Waals surface area contributed by atoms with Crippen LogP contribution in [0.3, 0.4) is 0 Å². The quantitative estimate of drug-likeness (QED) is 0.793. The molecule has 0 amide bonds. The molecule has 1 aromatic rings. The molecule has 5 nitrogen and oxygen atoms in total. The van der Waals surface area contributed by atoms with E-state index in [0.717, 1.165) is 61.8 Å². The summed E-state index contributed by atoms with van der Waals surface area (Å²) in [7, 11) is 1.69. The number of Topliss-reactive ketones (excluding diaryl/α,β-unsaturated/α-hetero) is 1. The van der Waals surface area contributed by atoms with Gasteiger partial charge in [0.15, 0.2) is 0 Å². The molecule has 2 rings (SSSR count). The Balaban J connectivity index is 2.02. The number of carbonyl (C=O) groups excluding carboxylic acids is 1. The summed E-state index contributed by atoms with van der Waals surface area (Å²) in [5, 5.41) is 3.34. The minimum Gasteiger partial charge on any atom is -0.494 e. The molecular formula is C19H29N3O2. The van der Waals surface area contributed by atoms with Crippen LogP contribution in [0.5, 0.6) is 5.75 Å². The molecule has 1 aromatic carbocycles. The smallest absolute Gasteiger partial charge is 0.144 e. The number of hydrogen-bond acceptors (Lipinski definition) is 5. The molecule has 1 aliphatic rings. The monoisotopic (exact) mass is 331 g/mol. The van der Waals surface area contributed by atoms with E-state index >= 15 is 0 Å². The van der Waals surface area contributed by atoms with Gasteiger partial charge in [0, 0.05) is 43.6 Å². The van der Waals surface area contributed by atoms with E-state index in [-0.39, 0.29) is 5.78 Å². The van der Waals surface area contributed by atoms with Gasteiger partial charge in [-0.1, -0.05) is 19.9 Å². The van der Waals surface area contributed by atoms with Gasteiger partial charge in [0.1, 0.15) is 11.5 Å². The van der Waals surface area contributed by atoms with E-state index in [4.69, 9.17) is 4.74 Å². The maximum absolute atomic E-state index is 11.2. The molecule has 1 saturated heterocycles. The molecule has 132 valence electrons. The summed E-state index contributed by atoms with van der Waals surface area (Å²) in [5.74, 6) is 1.06. The topological polar surface area (TPSA) is 44.8 Å². The van der Waals surface area contributed by atoms with E-state index in [1.54, 1.807) is 14.0 Å². The maximum Gasteiger partial charge on any atom is 0.144 e. The fourth-order valence-corrected chi connectivity index (χ4v) is 3.01. The number of carbonyl (C=O) groups is 1. The summed E-state index contributed by atoms with van der Waals surface area (Å²) in [6, 6.07) is 6.24. The third-order valence-electron chi connectivity index (χ3n) is 4.23. The third-order valence-corrected chi connectivity index (χ3v) is 4.23. The second kappa shape index (κ2) is 8.73. The lowest BCUT2D eigenvalue weighted by molar-refractivity contribution is -0.118. The molecule has 24 heavy (non-hydrogen) atoms. The highest BCUT2D eigenvalue weighted by atomic mass is 16.5. The van der Waals surface area contributed by atoms with Crippen LogP contribution in [-0.4, -0.2) is 50.5 Å². The Bertz CT molecular complexity index is 578. The van der Waals surface area contributed by atoms with Crippen LogP contribution in [0.25, 0.3) is 0 Å². The number of rotatable bonds is 8. The number of allylic oxidation sites excluding steroid dienone is 1. The number of benzene rings is 1.